The molecule has 3 rings (SSSR count). The molecule has 6 heteroatoms. The van der Waals surface area contributed by atoms with E-state index < -0.39 is 0 Å². The number of carbonyl (C=O) groups excluding carboxylic acids is 1. The molecule has 122 valence electrons. The first kappa shape index (κ1) is 15.5. The largest absolute Gasteiger partial charge is 0.340 e. The minimum atomic E-state index is -0.265. The molecule has 1 aromatic heterocycles. The van der Waals surface area contributed by atoms with Crippen molar-refractivity contribution in [2.75, 3.05) is 0 Å². The lowest BCUT2D eigenvalue weighted by atomic mass is 9.99. The Labute approximate surface area is 135 Å². The van der Waals surface area contributed by atoms with E-state index in [1.54, 1.807) is 6.92 Å². The summed E-state index contributed by atoms with van der Waals surface area (Å²) in [4.78, 5) is 16.6. The molecule has 0 fully saturated rings. The van der Waals surface area contributed by atoms with Crippen LogP contribution in [0.2, 0.25) is 0 Å². The van der Waals surface area contributed by atoms with E-state index >= 15 is 0 Å². The average Bonchev–Trinajstić information content (AvgIpc) is 3.06. The molecule has 0 bridgehead atoms. The smallest absolute Gasteiger partial charge is 0.315 e. The van der Waals surface area contributed by atoms with E-state index in [1.165, 1.54) is 11.1 Å². The number of fused-ring (bicyclic) bond motifs is 1. The van der Waals surface area contributed by atoms with Gasteiger partial charge in [0.15, 0.2) is 5.82 Å². The van der Waals surface area contributed by atoms with Gasteiger partial charge in [-0.15, -0.1) is 0 Å². The lowest BCUT2D eigenvalue weighted by Crippen LogP contribution is -2.51. The van der Waals surface area contributed by atoms with Crippen molar-refractivity contribution < 1.29 is 9.32 Å². The lowest BCUT2D eigenvalue weighted by Gasteiger charge is -2.26. The second-order valence-corrected chi connectivity index (χ2v) is 6.41. The molecule has 0 saturated heterocycles. The minimum Gasteiger partial charge on any atom is -0.340 e. The van der Waals surface area contributed by atoms with Crippen molar-refractivity contribution in [1.82, 2.24) is 20.8 Å². The Morgan fingerprint density at radius 1 is 1.35 bits per heavy atom. The van der Waals surface area contributed by atoms with E-state index in [9.17, 15) is 4.79 Å². The first-order chi connectivity index (χ1) is 11.0. The Morgan fingerprint density at radius 3 is 2.52 bits per heavy atom. The van der Waals surface area contributed by atoms with Crippen LogP contribution in [0.3, 0.4) is 0 Å². The number of carbonyl (C=O) groups is 1. The summed E-state index contributed by atoms with van der Waals surface area (Å²) in [5.41, 5.74) is 2.34. The Bertz CT molecular complexity index is 685. The molecule has 1 aromatic carbocycles. The standard InChI is InChI=1S/C17H22N4O2/c1-4-14(15-18-11(2)23-21-15)19-16(22)20-17(3)9-12-7-5-6-8-13(12)10-17/h5-8,14H,4,9-10H2,1-3H3,(H2,19,20,22)/t14-/m1/s1. The van der Waals surface area contributed by atoms with Gasteiger partial charge in [0.1, 0.15) is 0 Å². The van der Waals surface area contributed by atoms with Gasteiger partial charge in [-0.1, -0.05) is 36.3 Å². The van der Waals surface area contributed by atoms with E-state index in [0.717, 1.165) is 12.8 Å². The quantitative estimate of drug-likeness (QED) is 0.909. The van der Waals surface area contributed by atoms with Crippen LogP contribution in [-0.2, 0) is 12.8 Å². The lowest BCUT2D eigenvalue weighted by molar-refractivity contribution is 0.223. The van der Waals surface area contributed by atoms with Crippen LogP contribution in [0.4, 0.5) is 4.79 Å². The Kier molecular flexibility index (Phi) is 4.07. The van der Waals surface area contributed by atoms with Crippen LogP contribution in [0, 0.1) is 6.92 Å². The summed E-state index contributed by atoms with van der Waals surface area (Å²) in [6.45, 7) is 5.79. The summed E-state index contributed by atoms with van der Waals surface area (Å²) < 4.78 is 4.99. The number of amides is 2. The predicted octanol–water partition coefficient (Wildman–Crippen LogP) is 2.69. The zero-order valence-corrected chi connectivity index (χ0v) is 13.7. The molecule has 23 heavy (non-hydrogen) atoms. The van der Waals surface area contributed by atoms with Crippen molar-refractivity contribution in [3.05, 3.63) is 47.1 Å². The summed E-state index contributed by atoms with van der Waals surface area (Å²) in [6, 6.07) is 7.87. The van der Waals surface area contributed by atoms with Crippen molar-refractivity contribution in [2.24, 2.45) is 0 Å². The second kappa shape index (κ2) is 6.02. The van der Waals surface area contributed by atoms with Gasteiger partial charge in [-0.2, -0.15) is 4.98 Å². The van der Waals surface area contributed by atoms with Crippen molar-refractivity contribution in [3.63, 3.8) is 0 Å². The number of hydrogen-bond acceptors (Lipinski definition) is 4. The van der Waals surface area contributed by atoms with Crippen LogP contribution in [0.15, 0.2) is 28.8 Å². The highest BCUT2D eigenvalue weighted by atomic mass is 16.5. The van der Waals surface area contributed by atoms with E-state index in [4.69, 9.17) is 4.52 Å². The molecule has 0 radical (unpaired) electrons. The van der Waals surface area contributed by atoms with Crippen LogP contribution in [0.5, 0.6) is 0 Å². The third-order valence-corrected chi connectivity index (χ3v) is 4.26. The third kappa shape index (κ3) is 3.36. The number of benzene rings is 1. The summed E-state index contributed by atoms with van der Waals surface area (Å²) in [5.74, 6) is 1.01. The maximum Gasteiger partial charge on any atom is 0.315 e. The first-order valence-electron chi connectivity index (χ1n) is 7.95. The zero-order valence-electron chi connectivity index (χ0n) is 13.7. The minimum absolute atomic E-state index is 0.199. The maximum absolute atomic E-state index is 12.4. The number of nitrogens with one attached hydrogen (secondary N) is 2. The van der Waals surface area contributed by atoms with Gasteiger partial charge in [0, 0.05) is 12.5 Å². The number of aryl methyl sites for hydroxylation is 1. The van der Waals surface area contributed by atoms with Crippen molar-refractivity contribution in [2.45, 2.75) is 51.6 Å². The van der Waals surface area contributed by atoms with Gasteiger partial charge in [0.05, 0.1) is 6.04 Å². The van der Waals surface area contributed by atoms with Gasteiger partial charge < -0.3 is 15.2 Å². The van der Waals surface area contributed by atoms with Gasteiger partial charge in [-0.25, -0.2) is 4.79 Å². The summed E-state index contributed by atoms with van der Waals surface area (Å²) in [6.07, 6.45) is 2.38. The molecule has 2 aromatic rings. The molecule has 0 spiro atoms. The van der Waals surface area contributed by atoms with E-state index in [0.29, 0.717) is 18.1 Å². The summed E-state index contributed by atoms with van der Waals surface area (Å²) in [7, 11) is 0. The molecular formula is C17H22N4O2. The summed E-state index contributed by atoms with van der Waals surface area (Å²) in [5, 5.41) is 9.94. The van der Waals surface area contributed by atoms with E-state index in [1.807, 2.05) is 19.1 Å². The Balaban J connectivity index is 1.63. The molecule has 0 unspecified atom stereocenters. The molecule has 6 nitrogen and oxygen atoms in total. The number of hydrogen-bond donors (Lipinski definition) is 2. The number of urea groups is 1. The number of rotatable bonds is 4. The van der Waals surface area contributed by atoms with Gasteiger partial charge in [0.25, 0.3) is 0 Å². The van der Waals surface area contributed by atoms with E-state index in [-0.39, 0.29) is 17.6 Å². The van der Waals surface area contributed by atoms with Crippen LogP contribution < -0.4 is 10.6 Å². The highest BCUT2D eigenvalue weighted by Gasteiger charge is 2.34. The molecule has 1 heterocycles. The van der Waals surface area contributed by atoms with Gasteiger partial charge >= 0.3 is 6.03 Å². The van der Waals surface area contributed by atoms with Crippen molar-refractivity contribution in [1.29, 1.82) is 0 Å². The highest BCUT2D eigenvalue weighted by Crippen LogP contribution is 2.29. The molecule has 0 saturated carbocycles. The monoisotopic (exact) mass is 314 g/mol. The highest BCUT2D eigenvalue weighted by molar-refractivity contribution is 5.75. The number of nitrogens with zero attached hydrogens (tertiary/aromatic N) is 2. The van der Waals surface area contributed by atoms with Crippen molar-refractivity contribution >= 4 is 6.03 Å². The second-order valence-electron chi connectivity index (χ2n) is 6.41. The zero-order chi connectivity index (χ0) is 16.4. The van der Waals surface area contributed by atoms with Gasteiger partial charge in [-0.05, 0) is 37.3 Å². The first-order valence-corrected chi connectivity index (χ1v) is 7.95. The fourth-order valence-corrected chi connectivity index (χ4v) is 3.17. The van der Waals surface area contributed by atoms with Crippen LogP contribution in [0.1, 0.15) is 49.2 Å². The van der Waals surface area contributed by atoms with Crippen LogP contribution in [-0.4, -0.2) is 21.7 Å². The van der Waals surface area contributed by atoms with Crippen LogP contribution >= 0.6 is 0 Å². The van der Waals surface area contributed by atoms with Crippen molar-refractivity contribution in [3.8, 4) is 0 Å². The SMILES string of the molecule is CC[C@@H](NC(=O)NC1(C)Cc2ccccc2C1)c1noc(C)n1. The topological polar surface area (TPSA) is 80.0 Å². The molecule has 1 aliphatic carbocycles. The summed E-state index contributed by atoms with van der Waals surface area (Å²) >= 11 is 0. The molecule has 1 aliphatic rings. The fourth-order valence-electron chi connectivity index (χ4n) is 3.17. The average molecular weight is 314 g/mol. The Morgan fingerprint density at radius 2 is 2.00 bits per heavy atom. The maximum atomic E-state index is 12.4. The Hall–Kier alpha value is -2.37. The normalized spacial score (nSPS) is 16.7. The molecular weight excluding hydrogens is 292 g/mol. The molecule has 2 N–H and O–H groups in total. The molecule has 0 aliphatic heterocycles. The molecule has 1 atom stereocenters. The van der Waals surface area contributed by atoms with Gasteiger partial charge in [-0.3, -0.25) is 0 Å². The predicted molar refractivity (Wildman–Crippen MR) is 86.0 cm³/mol. The molecule has 2 amide bonds. The van der Waals surface area contributed by atoms with E-state index in [2.05, 4.69) is 39.8 Å². The number of aromatic nitrogens is 2. The van der Waals surface area contributed by atoms with Crippen LogP contribution in [0.25, 0.3) is 0 Å². The van der Waals surface area contributed by atoms with Gasteiger partial charge in [0.2, 0.25) is 5.89 Å². The fraction of sp³-hybridized carbons (Fsp3) is 0.471. The third-order valence-electron chi connectivity index (χ3n) is 4.26.